The van der Waals surface area contributed by atoms with E-state index in [2.05, 4.69) is 38.3 Å². The Morgan fingerprint density at radius 2 is 2.28 bits per heavy atom. The van der Waals surface area contributed by atoms with E-state index < -0.39 is 0 Å². The van der Waals surface area contributed by atoms with Gasteiger partial charge < -0.3 is 9.84 Å². The third kappa shape index (κ3) is 2.62. The molecule has 0 atom stereocenters. The highest BCUT2D eigenvalue weighted by Gasteiger charge is 2.21. The summed E-state index contributed by atoms with van der Waals surface area (Å²) in [7, 11) is 0. The summed E-state index contributed by atoms with van der Waals surface area (Å²) in [5.41, 5.74) is 2.16. The number of nitrogens with one attached hydrogen (secondary N) is 1. The zero-order valence-corrected chi connectivity index (χ0v) is 11.7. The Morgan fingerprint density at radius 1 is 1.44 bits per heavy atom. The van der Waals surface area contributed by atoms with Gasteiger partial charge in [-0.05, 0) is 31.4 Å². The highest BCUT2D eigenvalue weighted by atomic mass is 79.9. The Balaban J connectivity index is 1.76. The van der Waals surface area contributed by atoms with Crippen LogP contribution in [0.1, 0.15) is 24.3 Å². The Hall–Kier alpha value is -1.20. The van der Waals surface area contributed by atoms with Crippen molar-refractivity contribution in [2.75, 3.05) is 0 Å². The van der Waals surface area contributed by atoms with Crippen LogP contribution in [0.15, 0.2) is 27.2 Å². The van der Waals surface area contributed by atoms with Crippen LogP contribution in [0.2, 0.25) is 0 Å². The average molecular weight is 308 g/mol. The summed E-state index contributed by atoms with van der Waals surface area (Å²) in [6.07, 6.45) is 2.51. The fourth-order valence-corrected chi connectivity index (χ4v) is 2.07. The molecule has 1 heterocycles. The lowest BCUT2D eigenvalue weighted by Crippen LogP contribution is -2.15. The lowest BCUT2D eigenvalue weighted by molar-refractivity contribution is 0.367. The second-order valence-corrected chi connectivity index (χ2v) is 5.49. The summed E-state index contributed by atoms with van der Waals surface area (Å²) in [6, 6.07) is 6.70. The van der Waals surface area contributed by atoms with Gasteiger partial charge in [0.25, 0.3) is 0 Å². The van der Waals surface area contributed by atoms with E-state index in [1.807, 2.05) is 18.2 Å². The standard InChI is InChI=1S/C13H14BrN3O/c1-8-2-3-9(6-11(8)14)13-16-12(18-17-13)7-15-10-4-5-10/h2-3,6,10,15H,4-5,7H2,1H3. The fourth-order valence-electron chi connectivity index (χ4n) is 1.69. The number of hydrogen-bond acceptors (Lipinski definition) is 4. The van der Waals surface area contributed by atoms with Crippen LogP contribution in [0.25, 0.3) is 11.4 Å². The molecule has 0 saturated heterocycles. The van der Waals surface area contributed by atoms with E-state index in [-0.39, 0.29) is 0 Å². The van der Waals surface area contributed by atoms with E-state index in [1.54, 1.807) is 0 Å². The van der Waals surface area contributed by atoms with Gasteiger partial charge in [-0.25, -0.2) is 0 Å². The molecule has 0 radical (unpaired) electrons. The van der Waals surface area contributed by atoms with Crippen molar-refractivity contribution in [3.63, 3.8) is 0 Å². The zero-order valence-electron chi connectivity index (χ0n) is 10.1. The number of aromatic nitrogens is 2. The van der Waals surface area contributed by atoms with Crippen LogP contribution in [0.4, 0.5) is 0 Å². The fraction of sp³-hybridized carbons (Fsp3) is 0.385. The summed E-state index contributed by atoms with van der Waals surface area (Å²) < 4.78 is 6.29. The molecular weight excluding hydrogens is 294 g/mol. The molecule has 1 aliphatic rings. The van der Waals surface area contributed by atoms with E-state index in [0.717, 1.165) is 10.0 Å². The Bertz CT molecular complexity index is 563. The molecule has 1 N–H and O–H groups in total. The van der Waals surface area contributed by atoms with Gasteiger partial charge in [-0.1, -0.05) is 33.2 Å². The first-order valence-electron chi connectivity index (χ1n) is 6.05. The third-order valence-corrected chi connectivity index (χ3v) is 3.87. The van der Waals surface area contributed by atoms with Crippen molar-refractivity contribution >= 4 is 15.9 Å². The van der Waals surface area contributed by atoms with Crippen LogP contribution in [0.5, 0.6) is 0 Å². The molecule has 1 fully saturated rings. The first kappa shape index (κ1) is 11.9. The third-order valence-electron chi connectivity index (χ3n) is 3.02. The first-order valence-corrected chi connectivity index (χ1v) is 6.84. The molecule has 1 aromatic carbocycles. The molecule has 0 amide bonds. The number of halogens is 1. The zero-order chi connectivity index (χ0) is 12.5. The van der Waals surface area contributed by atoms with Gasteiger partial charge in [-0.3, -0.25) is 0 Å². The lowest BCUT2D eigenvalue weighted by atomic mass is 10.1. The molecule has 0 aliphatic heterocycles. The van der Waals surface area contributed by atoms with Gasteiger partial charge in [0.2, 0.25) is 11.7 Å². The highest BCUT2D eigenvalue weighted by molar-refractivity contribution is 9.10. The minimum Gasteiger partial charge on any atom is -0.338 e. The molecule has 1 saturated carbocycles. The number of hydrogen-bond donors (Lipinski definition) is 1. The van der Waals surface area contributed by atoms with Crippen molar-refractivity contribution < 1.29 is 4.52 Å². The summed E-state index contributed by atoms with van der Waals surface area (Å²) in [5, 5.41) is 7.36. The van der Waals surface area contributed by atoms with Gasteiger partial charge in [0.05, 0.1) is 6.54 Å². The maximum absolute atomic E-state index is 5.23. The van der Waals surface area contributed by atoms with Crippen LogP contribution < -0.4 is 5.32 Å². The Kier molecular flexibility index (Phi) is 3.18. The Labute approximate surface area is 114 Å². The monoisotopic (exact) mass is 307 g/mol. The van der Waals surface area contributed by atoms with Gasteiger partial charge in [-0.15, -0.1) is 0 Å². The smallest absolute Gasteiger partial charge is 0.240 e. The summed E-state index contributed by atoms with van der Waals surface area (Å²) >= 11 is 3.51. The van der Waals surface area contributed by atoms with Crippen molar-refractivity contribution in [1.29, 1.82) is 0 Å². The van der Waals surface area contributed by atoms with Crippen LogP contribution >= 0.6 is 15.9 Å². The maximum atomic E-state index is 5.23. The molecule has 5 heteroatoms. The molecule has 0 spiro atoms. The van der Waals surface area contributed by atoms with Crippen molar-refractivity contribution in [1.82, 2.24) is 15.5 Å². The van der Waals surface area contributed by atoms with Crippen molar-refractivity contribution in [3.8, 4) is 11.4 Å². The molecule has 1 aromatic heterocycles. The summed E-state index contributed by atoms with van der Waals surface area (Å²) in [5.74, 6) is 1.29. The molecule has 0 unspecified atom stereocenters. The predicted octanol–water partition coefficient (Wildman–Crippen LogP) is 3.06. The normalized spacial score (nSPS) is 15.0. The van der Waals surface area contributed by atoms with Crippen LogP contribution in [-0.4, -0.2) is 16.2 Å². The molecule has 18 heavy (non-hydrogen) atoms. The van der Waals surface area contributed by atoms with Crippen molar-refractivity contribution in [2.24, 2.45) is 0 Å². The van der Waals surface area contributed by atoms with Crippen molar-refractivity contribution in [3.05, 3.63) is 34.1 Å². The molecular formula is C13H14BrN3O. The van der Waals surface area contributed by atoms with Crippen LogP contribution in [0.3, 0.4) is 0 Å². The van der Waals surface area contributed by atoms with Gasteiger partial charge in [0, 0.05) is 16.1 Å². The number of aryl methyl sites for hydroxylation is 1. The largest absolute Gasteiger partial charge is 0.338 e. The van der Waals surface area contributed by atoms with E-state index in [1.165, 1.54) is 18.4 Å². The second kappa shape index (κ2) is 4.82. The second-order valence-electron chi connectivity index (χ2n) is 4.63. The minimum absolute atomic E-state index is 0.642. The summed E-state index contributed by atoms with van der Waals surface area (Å²) in [6.45, 7) is 2.71. The SMILES string of the molecule is Cc1ccc(-c2noc(CNC3CC3)n2)cc1Br. The summed E-state index contributed by atoms with van der Waals surface area (Å²) in [4.78, 5) is 4.39. The molecule has 1 aliphatic carbocycles. The number of nitrogens with zero attached hydrogens (tertiary/aromatic N) is 2. The number of benzene rings is 1. The molecule has 3 rings (SSSR count). The van der Waals surface area contributed by atoms with Crippen LogP contribution in [0, 0.1) is 6.92 Å². The predicted molar refractivity (Wildman–Crippen MR) is 72.0 cm³/mol. The molecule has 0 bridgehead atoms. The molecule has 94 valence electrons. The first-order chi connectivity index (χ1) is 8.72. The van der Waals surface area contributed by atoms with E-state index in [0.29, 0.717) is 24.3 Å². The maximum Gasteiger partial charge on any atom is 0.240 e. The van der Waals surface area contributed by atoms with Gasteiger partial charge in [0.15, 0.2) is 0 Å². The molecule has 2 aromatic rings. The van der Waals surface area contributed by atoms with Crippen LogP contribution in [-0.2, 0) is 6.54 Å². The highest BCUT2D eigenvalue weighted by Crippen LogP contribution is 2.24. The van der Waals surface area contributed by atoms with Gasteiger partial charge in [-0.2, -0.15) is 4.98 Å². The quantitative estimate of drug-likeness (QED) is 0.943. The van der Waals surface area contributed by atoms with E-state index in [9.17, 15) is 0 Å². The Morgan fingerprint density at radius 3 is 3.00 bits per heavy atom. The van der Waals surface area contributed by atoms with Gasteiger partial charge >= 0.3 is 0 Å². The molecule has 4 nitrogen and oxygen atoms in total. The minimum atomic E-state index is 0.642. The topological polar surface area (TPSA) is 51.0 Å². The van der Waals surface area contributed by atoms with Gasteiger partial charge in [0.1, 0.15) is 0 Å². The number of rotatable bonds is 4. The van der Waals surface area contributed by atoms with Crippen molar-refractivity contribution in [2.45, 2.75) is 32.4 Å². The van der Waals surface area contributed by atoms with E-state index in [4.69, 9.17) is 4.52 Å². The average Bonchev–Trinajstić information content (AvgIpc) is 3.08. The van der Waals surface area contributed by atoms with E-state index >= 15 is 0 Å². The lowest BCUT2D eigenvalue weighted by Gasteiger charge is -1.99.